The molecule has 0 aliphatic rings. The SMILES string of the molecule is CCC(C)C(=O)OCCOCC(O)CO. The van der Waals surface area contributed by atoms with E-state index in [1.54, 1.807) is 6.92 Å². The van der Waals surface area contributed by atoms with Gasteiger partial charge in [-0.2, -0.15) is 0 Å². The molecular weight excluding hydrogens is 200 g/mol. The molecule has 0 fully saturated rings. The van der Waals surface area contributed by atoms with Crippen molar-refractivity contribution in [3.8, 4) is 0 Å². The summed E-state index contributed by atoms with van der Waals surface area (Å²) in [5.74, 6) is -0.322. The lowest BCUT2D eigenvalue weighted by molar-refractivity contribution is -0.149. The lowest BCUT2D eigenvalue weighted by atomic mass is 10.1. The highest BCUT2D eigenvalue weighted by Crippen LogP contribution is 2.02. The van der Waals surface area contributed by atoms with Gasteiger partial charge in [0.1, 0.15) is 12.7 Å². The van der Waals surface area contributed by atoms with Gasteiger partial charge in [-0.15, -0.1) is 0 Å². The summed E-state index contributed by atoms with van der Waals surface area (Å²) in [5.41, 5.74) is 0. The number of carbonyl (C=O) groups is 1. The van der Waals surface area contributed by atoms with Crippen LogP contribution in [0.3, 0.4) is 0 Å². The van der Waals surface area contributed by atoms with Gasteiger partial charge in [-0.25, -0.2) is 0 Å². The molecule has 90 valence electrons. The van der Waals surface area contributed by atoms with Crippen LogP contribution in [0.2, 0.25) is 0 Å². The monoisotopic (exact) mass is 220 g/mol. The second kappa shape index (κ2) is 8.64. The van der Waals surface area contributed by atoms with Crippen molar-refractivity contribution in [2.75, 3.05) is 26.4 Å². The number of carbonyl (C=O) groups excluding carboxylic acids is 1. The Morgan fingerprint density at radius 1 is 1.40 bits per heavy atom. The average Bonchev–Trinajstić information content (AvgIpc) is 2.26. The number of hydrogen-bond acceptors (Lipinski definition) is 5. The normalized spacial score (nSPS) is 14.7. The van der Waals surface area contributed by atoms with E-state index in [9.17, 15) is 4.79 Å². The topological polar surface area (TPSA) is 76.0 Å². The van der Waals surface area contributed by atoms with Crippen molar-refractivity contribution in [2.24, 2.45) is 5.92 Å². The minimum absolute atomic E-state index is 0.0530. The van der Waals surface area contributed by atoms with Crippen LogP contribution in [0.4, 0.5) is 0 Å². The Bertz CT molecular complexity index is 171. The molecular formula is C10H20O5. The molecule has 2 N–H and O–H groups in total. The first-order valence-corrected chi connectivity index (χ1v) is 5.15. The maximum absolute atomic E-state index is 11.2. The van der Waals surface area contributed by atoms with Crippen molar-refractivity contribution in [1.29, 1.82) is 0 Å². The van der Waals surface area contributed by atoms with Crippen LogP contribution in [0, 0.1) is 5.92 Å². The lowest BCUT2D eigenvalue weighted by Crippen LogP contribution is -2.22. The fourth-order valence-electron chi connectivity index (χ4n) is 0.782. The molecule has 0 saturated heterocycles. The third-order valence-electron chi connectivity index (χ3n) is 2.01. The van der Waals surface area contributed by atoms with E-state index >= 15 is 0 Å². The molecule has 0 heterocycles. The van der Waals surface area contributed by atoms with Crippen LogP contribution in [0.5, 0.6) is 0 Å². The lowest BCUT2D eigenvalue weighted by Gasteiger charge is -2.10. The van der Waals surface area contributed by atoms with Crippen molar-refractivity contribution in [3.05, 3.63) is 0 Å². The van der Waals surface area contributed by atoms with Gasteiger partial charge in [0.25, 0.3) is 0 Å². The van der Waals surface area contributed by atoms with Gasteiger partial charge in [0, 0.05) is 0 Å². The van der Waals surface area contributed by atoms with Crippen LogP contribution < -0.4 is 0 Å². The summed E-state index contributed by atoms with van der Waals surface area (Å²) in [6.45, 7) is 3.86. The number of rotatable bonds is 8. The van der Waals surface area contributed by atoms with E-state index in [-0.39, 0.29) is 38.3 Å². The summed E-state index contributed by atoms with van der Waals surface area (Å²) in [5, 5.41) is 17.4. The largest absolute Gasteiger partial charge is 0.463 e. The molecule has 0 spiro atoms. The van der Waals surface area contributed by atoms with Crippen LogP contribution in [0.15, 0.2) is 0 Å². The standard InChI is InChI=1S/C10H20O5/c1-3-8(2)10(13)15-5-4-14-7-9(12)6-11/h8-9,11-12H,3-7H2,1-2H3. The second-order valence-electron chi connectivity index (χ2n) is 3.39. The zero-order valence-corrected chi connectivity index (χ0v) is 9.31. The van der Waals surface area contributed by atoms with Gasteiger partial charge >= 0.3 is 5.97 Å². The number of aliphatic hydroxyl groups excluding tert-OH is 2. The van der Waals surface area contributed by atoms with Gasteiger partial charge in [0.2, 0.25) is 0 Å². The van der Waals surface area contributed by atoms with Crippen molar-refractivity contribution < 1.29 is 24.5 Å². The molecule has 0 aliphatic heterocycles. The van der Waals surface area contributed by atoms with Crippen LogP contribution in [0.25, 0.3) is 0 Å². The van der Waals surface area contributed by atoms with E-state index in [2.05, 4.69) is 0 Å². The van der Waals surface area contributed by atoms with Crippen LogP contribution in [0.1, 0.15) is 20.3 Å². The minimum atomic E-state index is -0.865. The van der Waals surface area contributed by atoms with Crippen LogP contribution in [-0.2, 0) is 14.3 Å². The first-order valence-electron chi connectivity index (χ1n) is 5.15. The molecule has 0 aromatic heterocycles. The quantitative estimate of drug-likeness (QED) is 0.443. The smallest absolute Gasteiger partial charge is 0.308 e. The average molecular weight is 220 g/mol. The van der Waals surface area contributed by atoms with Crippen LogP contribution >= 0.6 is 0 Å². The number of ether oxygens (including phenoxy) is 2. The molecule has 0 radical (unpaired) electrons. The number of hydrogen-bond donors (Lipinski definition) is 2. The van der Waals surface area contributed by atoms with E-state index in [1.165, 1.54) is 0 Å². The van der Waals surface area contributed by atoms with E-state index in [0.29, 0.717) is 0 Å². The van der Waals surface area contributed by atoms with Crippen LogP contribution in [-0.4, -0.2) is 48.7 Å². The third kappa shape index (κ3) is 7.30. The summed E-state index contributed by atoms with van der Waals surface area (Å²) in [4.78, 5) is 11.2. The highest BCUT2D eigenvalue weighted by molar-refractivity contribution is 5.71. The molecule has 15 heavy (non-hydrogen) atoms. The van der Waals surface area contributed by atoms with Crippen molar-refractivity contribution in [2.45, 2.75) is 26.4 Å². The van der Waals surface area contributed by atoms with E-state index in [4.69, 9.17) is 19.7 Å². The zero-order chi connectivity index (χ0) is 11.7. The van der Waals surface area contributed by atoms with Crippen molar-refractivity contribution in [1.82, 2.24) is 0 Å². The minimum Gasteiger partial charge on any atom is -0.463 e. The van der Waals surface area contributed by atoms with Gasteiger partial charge in [0.05, 0.1) is 25.7 Å². The summed E-state index contributed by atoms with van der Waals surface area (Å²) in [6.07, 6.45) is -0.113. The zero-order valence-electron chi connectivity index (χ0n) is 9.31. The Labute approximate surface area is 90.0 Å². The molecule has 0 bridgehead atoms. The molecule has 2 unspecified atom stereocenters. The summed E-state index contributed by atoms with van der Waals surface area (Å²) in [6, 6.07) is 0. The first-order chi connectivity index (χ1) is 7.11. The Hall–Kier alpha value is -0.650. The Morgan fingerprint density at radius 2 is 2.07 bits per heavy atom. The molecule has 2 atom stereocenters. The van der Waals surface area contributed by atoms with Gasteiger partial charge < -0.3 is 19.7 Å². The molecule has 0 aromatic carbocycles. The number of aliphatic hydroxyl groups is 2. The molecule has 5 heteroatoms. The fraction of sp³-hybridized carbons (Fsp3) is 0.900. The Morgan fingerprint density at radius 3 is 2.60 bits per heavy atom. The summed E-state index contributed by atoms with van der Waals surface area (Å²) in [7, 11) is 0. The van der Waals surface area contributed by atoms with Crippen molar-refractivity contribution >= 4 is 5.97 Å². The van der Waals surface area contributed by atoms with Gasteiger partial charge in [-0.05, 0) is 6.42 Å². The third-order valence-corrected chi connectivity index (χ3v) is 2.01. The van der Waals surface area contributed by atoms with Gasteiger partial charge in [-0.3, -0.25) is 4.79 Å². The molecule has 0 saturated carbocycles. The summed E-state index contributed by atoms with van der Waals surface area (Å²) >= 11 is 0. The molecule has 5 nitrogen and oxygen atoms in total. The molecule has 0 amide bonds. The summed E-state index contributed by atoms with van der Waals surface area (Å²) < 4.78 is 9.86. The van der Waals surface area contributed by atoms with Gasteiger partial charge in [0.15, 0.2) is 0 Å². The molecule has 0 aliphatic carbocycles. The van der Waals surface area contributed by atoms with E-state index in [1.807, 2.05) is 6.92 Å². The maximum atomic E-state index is 11.2. The van der Waals surface area contributed by atoms with Crippen molar-refractivity contribution in [3.63, 3.8) is 0 Å². The fourth-order valence-corrected chi connectivity index (χ4v) is 0.782. The molecule has 0 rings (SSSR count). The highest BCUT2D eigenvalue weighted by atomic mass is 16.6. The molecule has 0 aromatic rings. The van der Waals surface area contributed by atoms with E-state index < -0.39 is 6.10 Å². The first kappa shape index (κ1) is 14.3. The van der Waals surface area contributed by atoms with E-state index in [0.717, 1.165) is 6.42 Å². The number of esters is 1. The maximum Gasteiger partial charge on any atom is 0.308 e. The van der Waals surface area contributed by atoms with Gasteiger partial charge in [-0.1, -0.05) is 13.8 Å². The Balaban J connectivity index is 3.35. The second-order valence-corrected chi connectivity index (χ2v) is 3.39. The highest BCUT2D eigenvalue weighted by Gasteiger charge is 2.11. The Kier molecular flexibility index (Phi) is 8.27. The predicted molar refractivity (Wildman–Crippen MR) is 54.3 cm³/mol. The predicted octanol–water partition coefficient (Wildman–Crippen LogP) is -0.0545.